The second-order valence-electron chi connectivity index (χ2n) is 2.39. The number of aryl methyl sites for hydroxylation is 1. The molecule has 0 aliphatic rings. The Morgan fingerprint density at radius 3 is 2.67 bits per heavy atom. The van der Waals surface area contributed by atoms with E-state index < -0.39 is 5.97 Å². The Labute approximate surface area is 92.2 Å². The van der Waals surface area contributed by atoms with Gasteiger partial charge in [0.25, 0.3) is 0 Å². The van der Waals surface area contributed by atoms with Crippen molar-refractivity contribution in [1.29, 1.82) is 0 Å². The van der Waals surface area contributed by atoms with Gasteiger partial charge in [-0.1, -0.05) is 0 Å². The van der Waals surface area contributed by atoms with Crippen molar-refractivity contribution in [3.8, 4) is 0 Å². The lowest BCUT2D eigenvalue weighted by Crippen LogP contribution is -1.99. The third-order valence-corrected chi connectivity index (χ3v) is 3.13. The van der Waals surface area contributed by atoms with Gasteiger partial charge in [0.2, 0.25) is 0 Å². The first-order valence-corrected chi connectivity index (χ1v) is 5.08. The minimum absolute atomic E-state index is 0.319. The lowest BCUT2D eigenvalue weighted by atomic mass is 10.1. The quantitative estimate of drug-likeness (QED) is 0.798. The molecule has 0 spiro atoms. The van der Waals surface area contributed by atoms with Crippen molar-refractivity contribution < 1.29 is 9.90 Å². The molecule has 0 fully saturated rings. The highest BCUT2D eigenvalue weighted by molar-refractivity contribution is 14.1. The zero-order valence-corrected chi connectivity index (χ0v) is 10.0. The van der Waals surface area contributed by atoms with Crippen LogP contribution in [0.4, 0.5) is 0 Å². The average molecular weight is 341 g/mol. The van der Waals surface area contributed by atoms with Gasteiger partial charge in [-0.2, -0.15) is 0 Å². The first-order valence-electron chi connectivity index (χ1n) is 3.21. The summed E-state index contributed by atoms with van der Waals surface area (Å²) in [6.07, 6.45) is 0. The summed E-state index contributed by atoms with van der Waals surface area (Å²) in [7, 11) is 0. The van der Waals surface area contributed by atoms with E-state index in [0.717, 1.165) is 9.13 Å². The predicted molar refractivity (Wildman–Crippen MR) is 58.6 cm³/mol. The normalized spacial score (nSPS) is 9.92. The van der Waals surface area contributed by atoms with Crippen LogP contribution in [0.1, 0.15) is 15.9 Å². The zero-order chi connectivity index (χ0) is 9.30. The fraction of sp³-hybridized carbons (Fsp3) is 0.125. The molecule has 0 atom stereocenters. The fourth-order valence-corrected chi connectivity index (χ4v) is 2.06. The van der Waals surface area contributed by atoms with E-state index in [1.807, 2.05) is 13.0 Å². The third-order valence-electron chi connectivity index (χ3n) is 1.45. The van der Waals surface area contributed by atoms with Crippen LogP contribution in [0.2, 0.25) is 0 Å². The molecule has 0 bridgehead atoms. The molecule has 0 unspecified atom stereocenters. The van der Waals surface area contributed by atoms with Crippen molar-refractivity contribution in [2.75, 3.05) is 0 Å². The maximum atomic E-state index is 10.7. The van der Waals surface area contributed by atoms with Crippen LogP contribution < -0.4 is 0 Å². The molecule has 0 saturated carbocycles. The number of hydrogen-bond donors (Lipinski definition) is 1. The van der Waals surface area contributed by atoms with E-state index >= 15 is 0 Å². The molecule has 0 saturated heterocycles. The predicted octanol–water partition coefficient (Wildman–Crippen LogP) is 3.06. The monoisotopic (exact) mass is 340 g/mol. The molecule has 0 aliphatic heterocycles. The van der Waals surface area contributed by atoms with E-state index in [9.17, 15) is 4.79 Å². The highest BCUT2D eigenvalue weighted by Gasteiger charge is 2.10. The van der Waals surface area contributed by atoms with E-state index in [4.69, 9.17) is 5.11 Å². The fourth-order valence-electron chi connectivity index (χ4n) is 0.881. The van der Waals surface area contributed by atoms with Crippen molar-refractivity contribution >= 4 is 44.5 Å². The van der Waals surface area contributed by atoms with Crippen LogP contribution in [0.15, 0.2) is 16.6 Å². The highest BCUT2D eigenvalue weighted by Crippen LogP contribution is 2.23. The number of carboxylic acid groups (broad SMARTS) is 1. The number of carboxylic acids is 1. The van der Waals surface area contributed by atoms with E-state index in [1.165, 1.54) is 0 Å². The summed E-state index contributed by atoms with van der Waals surface area (Å²) in [6.45, 7) is 1.87. The second-order valence-corrected chi connectivity index (χ2v) is 4.43. The summed E-state index contributed by atoms with van der Waals surface area (Å²) in [5.74, 6) is -0.900. The van der Waals surface area contributed by atoms with E-state index in [-0.39, 0.29) is 0 Å². The zero-order valence-electron chi connectivity index (χ0n) is 6.27. The molecule has 64 valence electrons. The van der Waals surface area contributed by atoms with Gasteiger partial charge in [-0.15, -0.1) is 0 Å². The molecule has 1 N–H and O–H groups in total. The summed E-state index contributed by atoms with van der Waals surface area (Å²) in [5, 5.41) is 8.78. The number of hydrogen-bond acceptors (Lipinski definition) is 1. The van der Waals surface area contributed by atoms with Gasteiger partial charge >= 0.3 is 5.97 Å². The van der Waals surface area contributed by atoms with Crippen molar-refractivity contribution in [2.24, 2.45) is 0 Å². The maximum Gasteiger partial charge on any atom is 0.336 e. The van der Waals surface area contributed by atoms with Gasteiger partial charge in [0.15, 0.2) is 0 Å². The Kier molecular flexibility index (Phi) is 3.11. The van der Waals surface area contributed by atoms with Crippen LogP contribution in [0.3, 0.4) is 0 Å². The first kappa shape index (κ1) is 9.98. The Morgan fingerprint density at radius 2 is 2.17 bits per heavy atom. The smallest absolute Gasteiger partial charge is 0.336 e. The van der Waals surface area contributed by atoms with Crippen LogP contribution in [-0.2, 0) is 0 Å². The van der Waals surface area contributed by atoms with Gasteiger partial charge < -0.3 is 5.11 Å². The van der Waals surface area contributed by atoms with Crippen LogP contribution >= 0.6 is 38.5 Å². The van der Waals surface area contributed by atoms with Gasteiger partial charge in [0, 0.05) is 8.04 Å². The lowest BCUT2D eigenvalue weighted by molar-refractivity contribution is 0.0695. The van der Waals surface area contributed by atoms with Gasteiger partial charge in [0.1, 0.15) is 0 Å². The number of aromatic carboxylic acids is 1. The number of rotatable bonds is 1. The Balaban J connectivity index is 3.37. The van der Waals surface area contributed by atoms with E-state index in [2.05, 4.69) is 38.5 Å². The summed E-state index contributed by atoms with van der Waals surface area (Å²) in [4.78, 5) is 10.7. The molecule has 0 radical (unpaired) electrons. The maximum absolute atomic E-state index is 10.7. The van der Waals surface area contributed by atoms with Crippen LogP contribution in [-0.4, -0.2) is 11.1 Å². The van der Waals surface area contributed by atoms with E-state index in [0.29, 0.717) is 10.0 Å². The molecule has 0 heterocycles. The number of benzene rings is 1. The van der Waals surface area contributed by atoms with Crippen LogP contribution in [0, 0.1) is 10.5 Å². The molecule has 1 aromatic rings. The molecule has 0 aliphatic carbocycles. The molecule has 4 heteroatoms. The Morgan fingerprint density at radius 1 is 1.58 bits per heavy atom. The van der Waals surface area contributed by atoms with E-state index in [1.54, 1.807) is 6.07 Å². The number of carbonyl (C=O) groups is 1. The molecule has 0 amide bonds. The van der Waals surface area contributed by atoms with Gasteiger partial charge in [-0.05, 0) is 63.1 Å². The second kappa shape index (κ2) is 3.74. The summed E-state index contributed by atoms with van der Waals surface area (Å²) in [5.41, 5.74) is 1.26. The molecule has 2 nitrogen and oxygen atoms in total. The average Bonchev–Trinajstić information content (AvgIpc) is 1.96. The van der Waals surface area contributed by atoms with Crippen LogP contribution in [0.5, 0.6) is 0 Å². The minimum atomic E-state index is -0.900. The largest absolute Gasteiger partial charge is 0.478 e. The topological polar surface area (TPSA) is 37.3 Å². The summed E-state index contributed by atoms with van der Waals surface area (Å²) in [6, 6.07) is 3.57. The summed E-state index contributed by atoms with van der Waals surface area (Å²) >= 11 is 5.33. The first-order chi connectivity index (χ1) is 5.52. The van der Waals surface area contributed by atoms with Crippen LogP contribution in [0.25, 0.3) is 0 Å². The van der Waals surface area contributed by atoms with Gasteiger partial charge in [-0.25, -0.2) is 4.79 Å². The molecule has 1 rings (SSSR count). The molecule has 12 heavy (non-hydrogen) atoms. The van der Waals surface area contributed by atoms with Crippen molar-refractivity contribution in [2.45, 2.75) is 6.92 Å². The molecular weight excluding hydrogens is 335 g/mol. The van der Waals surface area contributed by atoms with Crippen molar-refractivity contribution in [3.05, 3.63) is 31.3 Å². The highest BCUT2D eigenvalue weighted by atomic mass is 127. The molecule has 0 aromatic heterocycles. The molecular formula is C8H6BrIO2. The number of halogens is 2. The third kappa shape index (κ3) is 1.98. The summed E-state index contributed by atoms with van der Waals surface area (Å²) < 4.78 is 1.60. The Bertz CT molecular complexity index is 336. The minimum Gasteiger partial charge on any atom is -0.478 e. The molecule has 1 aromatic carbocycles. The van der Waals surface area contributed by atoms with Crippen molar-refractivity contribution in [3.63, 3.8) is 0 Å². The SMILES string of the molecule is Cc1cc(I)cc(C(=O)O)c1Br. The lowest BCUT2D eigenvalue weighted by Gasteiger charge is -2.03. The van der Waals surface area contributed by atoms with Crippen molar-refractivity contribution in [1.82, 2.24) is 0 Å². The van der Waals surface area contributed by atoms with Gasteiger partial charge in [0.05, 0.1) is 5.56 Å². The Hall–Kier alpha value is -0.100. The standard InChI is InChI=1S/C8H6BrIO2/c1-4-2-5(10)3-6(7(4)9)8(11)12/h2-3H,1H3,(H,11,12). The van der Waals surface area contributed by atoms with Gasteiger partial charge in [-0.3, -0.25) is 0 Å².